The van der Waals surface area contributed by atoms with Crippen molar-refractivity contribution < 1.29 is 22.7 Å². The second kappa shape index (κ2) is 9.77. The van der Waals surface area contributed by atoms with Crippen molar-refractivity contribution in [3.63, 3.8) is 0 Å². The highest BCUT2D eigenvalue weighted by atomic mass is 19.4. The van der Waals surface area contributed by atoms with Gasteiger partial charge in [-0.25, -0.2) is 14.8 Å². The number of fused-ring (bicyclic) bond motifs is 1. The van der Waals surface area contributed by atoms with Gasteiger partial charge < -0.3 is 20.7 Å². The lowest BCUT2D eigenvalue weighted by atomic mass is 10.2. The molecule has 158 valence electrons. The Morgan fingerprint density at radius 2 is 1.83 bits per heavy atom. The molecule has 7 nitrogen and oxygen atoms in total. The van der Waals surface area contributed by atoms with Crippen LogP contribution in [0.5, 0.6) is 5.88 Å². The predicted molar refractivity (Wildman–Crippen MR) is 106 cm³/mol. The Balaban J connectivity index is 1.41. The van der Waals surface area contributed by atoms with E-state index in [1.807, 2.05) is 36.4 Å². The van der Waals surface area contributed by atoms with Crippen LogP contribution >= 0.6 is 0 Å². The van der Waals surface area contributed by atoms with Crippen LogP contribution in [0, 0.1) is 0 Å². The number of aromatic nitrogens is 2. The van der Waals surface area contributed by atoms with Gasteiger partial charge in [0, 0.05) is 36.8 Å². The van der Waals surface area contributed by atoms with E-state index < -0.39 is 18.8 Å². The van der Waals surface area contributed by atoms with E-state index in [1.54, 1.807) is 6.07 Å². The molecule has 0 aliphatic rings. The average Bonchev–Trinajstić information content (AvgIpc) is 2.73. The third kappa shape index (κ3) is 6.50. The van der Waals surface area contributed by atoms with Crippen LogP contribution in [0.3, 0.4) is 0 Å². The van der Waals surface area contributed by atoms with E-state index in [1.165, 1.54) is 12.3 Å². The lowest BCUT2D eigenvalue weighted by Gasteiger charge is -2.13. The van der Waals surface area contributed by atoms with Crippen LogP contribution in [0.4, 0.5) is 23.8 Å². The predicted octanol–water partition coefficient (Wildman–Crippen LogP) is 3.48. The van der Waals surface area contributed by atoms with Crippen molar-refractivity contribution in [3.8, 4) is 5.88 Å². The van der Waals surface area contributed by atoms with E-state index in [-0.39, 0.29) is 12.4 Å². The van der Waals surface area contributed by atoms with Gasteiger partial charge in [0.05, 0.1) is 5.52 Å². The van der Waals surface area contributed by atoms with Gasteiger partial charge in [0.15, 0.2) is 6.61 Å². The minimum atomic E-state index is -4.47. The molecular formula is C20H20F3N5O2. The van der Waals surface area contributed by atoms with Crippen LogP contribution < -0.4 is 20.7 Å². The van der Waals surface area contributed by atoms with Crippen molar-refractivity contribution in [1.82, 2.24) is 20.6 Å². The maximum Gasteiger partial charge on any atom is 0.422 e. The summed E-state index contributed by atoms with van der Waals surface area (Å²) in [4.78, 5) is 20.2. The summed E-state index contributed by atoms with van der Waals surface area (Å²) in [7, 11) is 0. The molecule has 3 N–H and O–H groups in total. The molecule has 0 atom stereocenters. The summed E-state index contributed by atoms with van der Waals surface area (Å²) in [6.07, 6.45) is -3.14. The third-order valence-electron chi connectivity index (χ3n) is 3.98. The molecule has 0 aliphatic carbocycles. The smallest absolute Gasteiger partial charge is 0.422 e. The maximum absolute atomic E-state index is 12.3. The molecule has 10 heteroatoms. The Hall–Kier alpha value is -3.56. The number of carbonyl (C=O) groups is 1. The zero-order chi connectivity index (χ0) is 21.4. The van der Waals surface area contributed by atoms with Gasteiger partial charge in [-0.05, 0) is 24.3 Å². The largest absolute Gasteiger partial charge is 0.468 e. The number of pyridine rings is 2. The summed E-state index contributed by atoms with van der Waals surface area (Å²) in [5, 5.41) is 9.37. The Kier molecular flexibility index (Phi) is 6.89. The quantitative estimate of drug-likeness (QED) is 0.487. The maximum atomic E-state index is 12.3. The molecule has 0 saturated carbocycles. The SMILES string of the molecule is O=C(NCCNc1ccc2ccccc2n1)NCc1cccnc1OCC(F)(F)F. The van der Waals surface area contributed by atoms with Gasteiger partial charge in [-0.1, -0.05) is 24.3 Å². The summed E-state index contributed by atoms with van der Waals surface area (Å²) in [5.41, 5.74) is 1.21. The second-order valence-electron chi connectivity index (χ2n) is 6.30. The number of hydrogen-bond donors (Lipinski definition) is 3. The Labute approximate surface area is 170 Å². The fourth-order valence-corrected chi connectivity index (χ4v) is 2.61. The first-order chi connectivity index (χ1) is 14.4. The minimum Gasteiger partial charge on any atom is -0.468 e. The number of amides is 2. The normalized spacial score (nSPS) is 11.2. The van der Waals surface area contributed by atoms with Gasteiger partial charge in [0.2, 0.25) is 5.88 Å². The molecule has 30 heavy (non-hydrogen) atoms. The number of para-hydroxylation sites is 1. The zero-order valence-electron chi connectivity index (χ0n) is 15.9. The molecule has 0 unspecified atom stereocenters. The molecule has 3 rings (SSSR count). The van der Waals surface area contributed by atoms with E-state index in [0.29, 0.717) is 24.5 Å². The molecule has 0 fully saturated rings. The number of alkyl halides is 3. The van der Waals surface area contributed by atoms with Crippen LogP contribution in [0.25, 0.3) is 10.9 Å². The van der Waals surface area contributed by atoms with Crippen molar-refractivity contribution in [1.29, 1.82) is 0 Å². The number of benzene rings is 1. The summed E-state index contributed by atoms with van der Waals surface area (Å²) < 4.78 is 41.6. The Bertz CT molecular complexity index is 997. The van der Waals surface area contributed by atoms with Gasteiger partial charge in [-0.2, -0.15) is 13.2 Å². The van der Waals surface area contributed by atoms with E-state index >= 15 is 0 Å². The number of halogens is 3. The van der Waals surface area contributed by atoms with E-state index in [4.69, 9.17) is 0 Å². The summed E-state index contributed by atoms with van der Waals surface area (Å²) in [6.45, 7) is -0.694. The summed E-state index contributed by atoms with van der Waals surface area (Å²) >= 11 is 0. The monoisotopic (exact) mass is 419 g/mol. The second-order valence-corrected chi connectivity index (χ2v) is 6.30. The minimum absolute atomic E-state index is 0.0213. The highest BCUT2D eigenvalue weighted by Crippen LogP contribution is 2.19. The Morgan fingerprint density at radius 3 is 2.67 bits per heavy atom. The number of ether oxygens (including phenoxy) is 1. The molecule has 2 heterocycles. The van der Waals surface area contributed by atoms with Crippen molar-refractivity contribution in [2.24, 2.45) is 0 Å². The van der Waals surface area contributed by atoms with Crippen LogP contribution in [0.15, 0.2) is 54.7 Å². The molecule has 1 aromatic carbocycles. The lowest BCUT2D eigenvalue weighted by Crippen LogP contribution is -2.37. The first-order valence-electron chi connectivity index (χ1n) is 9.15. The van der Waals surface area contributed by atoms with E-state index in [2.05, 4.69) is 30.7 Å². The number of carbonyl (C=O) groups excluding carboxylic acids is 1. The van der Waals surface area contributed by atoms with Gasteiger partial charge in [0.25, 0.3) is 0 Å². The summed E-state index contributed by atoms with van der Waals surface area (Å²) in [6, 6.07) is 14.2. The van der Waals surface area contributed by atoms with Crippen LogP contribution in [0.1, 0.15) is 5.56 Å². The third-order valence-corrected chi connectivity index (χ3v) is 3.98. The van der Waals surface area contributed by atoms with Gasteiger partial charge in [-0.15, -0.1) is 0 Å². The molecule has 0 saturated heterocycles. The molecule has 0 aliphatic heterocycles. The molecule has 3 aromatic rings. The Morgan fingerprint density at radius 1 is 1.00 bits per heavy atom. The fraction of sp³-hybridized carbons (Fsp3) is 0.250. The highest BCUT2D eigenvalue weighted by Gasteiger charge is 2.29. The first kappa shape index (κ1) is 21.2. The number of urea groups is 1. The van der Waals surface area contributed by atoms with Crippen molar-refractivity contribution in [2.75, 3.05) is 25.0 Å². The molecule has 0 bridgehead atoms. The van der Waals surface area contributed by atoms with Crippen molar-refractivity contribution in [3.05, 3.63) is 60.3 Å². The number of rotatable bonds is 8. The number of anilines is 1. The van der Waals surface area contributed by atoms with Gasteiger partial charge in [-0.3, -0.25) is 0 Å². The van der Waals surface area contributed by atoms with Crippen molar-refractivity contribution >= 4 is 22.8 Å². The highest BCUT2D eigenvalue weighted by molar-refractivity contribution is 5.80. The van der Waals surface area contributed by atoms with Gasteiger partial charge >= 0.3 is 12.2 Å². The molecule has 0 spiro atoms. The number of hydrogen-bond acceptors (Lipinski definition) is 5. The number of nitrogens with one attached hydrogen (secondary N) is 3. The lowest BCUT2D eigenvalue weighted by molar-refractivity contribution is -0.154. The summed E-state index contributed by atoms with van der Waals surface area (Å²) in [5.74, 6) is 0.525. The molecular weight excluding hydrogens is 399 g/mol. The zero-order valence-corrected chi connectivity index (χ0v) is 15.9. The molecule has 0 radical (unpaired) electrons. The first-order valence-corrected chi connectivity index (χ1v) is 9.15. The number of nitrogens with zero attached hydrogens (tertiary/aromatic N) is 2. The van der Waals surface area contributed by atoms with E-state index in [9.17, 15) is 18.0 Å². The van der Waals surface area contributed by atoms with E-state index in [0.717, 1.165) is 10.9 Å². The molecule has 2 amide bonds. The fourth-order valence-electron chi connectivity index (χ4n) is 2.61. The topological polar surface area (TPSA) is 88.2 Å². The van der Waals surface area contributed by atoms with Crippen LogP contribution in [-0.2, 0) is 6.54 Å². The average molecular weight is 419 g/mol. The van der Waals surface area contributed by atoms with Crippen molar-refractivity contribution in [2.45, 2.75) is 12.7 Å². The standard InChI is InChI=1S/C20H20F3N5O2/c21-20(22,23)13-30-18-15(5-3-9-25-18)12-27-19(29)26-11-10-24-17-8-7-14-4-1-2-6-16(14)28-17/h1-9H,10-13H2,(H,24,28)(H2,26,27,29). The van der Waals surface area contributed by atoms with Crippen LogP contribution in [-0.4, -0.2) is 41.9 Å². The molecule has 2 aromatic heterocycles. The van der Waals surface area contributed by atoms with Crippen LogP contribution in [0.2, 0.25) is 0 Å². The van der Waals surface area contributed by atoms with Gasteiger partial charge in [0.1, 0.15) is 5.82 Å².